The summed E-state index contributed by atoms with van der Waals surface area (Å²) in [5, 5.41) is 0. The van der Waals surface area contributed by atoms with E-state index in [0.717, 1.165) is 22.3 Å². The lowest BCUT2D eigenvalue weighted by Crippen LogP contribution is -2.41. The molecule has 0 atom stereocenters. The Kier molecular flexibility index (Phi) is 4.52. The molecule has 0 N–H and O–H groups in total. The van der Waals surface area contributed by atoms with Crippen molar-refractivity contribution in [2.24, 2.45) is 0 Å². The minimum Gasteiger partial charge on any atom is -0.272 e. The first-order valence-electron chi connectivity index (χ1n) is 8.47. The van der Waals surface area contributed by atoms with Crippen LogP contribution in [0.3, 0.4) is 0 Å². The van der Waals surface area contributed by atoms with E-state index in [4.69, 9.17) is 0 Å². The molecule has 0 aliphatic carbocycles. The van der Waals surface area contributed by atoms with E-state index in [-0.39, 0.29) is 24.3 Å². The molecule has 0 unspecified atom stereocenters. The molecule has 4 rings (SSSR count). The highest BCUT2D eigenvalue weighted by Gasteiger charge is 2.16. The third-order valence-electron chi connectivity index (χ3n) is 4.35. The van der Waals surface area contributed by atoms with Gasteiger partial charge in [-0.15, -0.1) is 0 Å². The Morgan fingerprint density at radius 1 is 0.786 bits per heavy atom. The average molecular weight is 380 g/mol. The molecule has 0 saturated heterocycles. The summed E-state index contributed by atoms with van der Waals surface area (Å²) in [5.74, 6) is -1.99. The highest BCUT2D eigenvalue weighted by Crippen LogP contribution is 2.11. The molecule has 28 heavy (non-hydrogen) atoms. The predicted octanol–water partition coefficient (Wildman–Crippen LogP) is 2.33. The molecule has 2 aromatic heterocycles. The average Bonchev–Trinajstić information content (AvgIpc) is 2.72. The molecule has 0 bridgehead atoms. The molecule has 0 aliphatic rings. The number of nitrogens with zero attached hydrogens (tertiary/aromatic N) is 4. The number of hydrogen-bond donors (Lipinski definition) is 0. The summed E-state index contributed by atoms with van der Waals surface area (Å²) in [6.07, 6.45) is 2.73. The van der Waals surface area contributed by atoms with Gasteiger partial charge in [0.15, 0.2) is 22.8 Å². The van der Waals surface area contributed by atoms with Crippen molar-refractivity contribution in [3.63, 3.8) is 0 Å². The molecule has 8 heteroatoms. The zero-order valence-corrected chi connectivity index (χ0v) is 14.5. The molecule has 2 heterocycles. The van der Waals surface area contributed by atoms with E-state index in [1.54, 1.807) is 24.3 Å². The molecule has 6 nitrogen and oxygen atoms in total. The number of halogens is 2. The van der Waals surface area contributed by atoms with Crippen LogP contribution in [-0.4, -0.2) is 19.1 Å². The van der Waals surface area contributed by atoms with E-state index in [9.17, 15) is 18.4 Å². The maximum Gasteiger partial charge on any atom is 0.333 e. The van der Waals surface area contributed by atoms with E-state index in [1.807, 2.05) is 6.07 Å². The van der Waals surface area contributed by atoms with Crippen LogP contribution in [0.25, 0.3) is 11.2 Å². The first-order valence-corrected chi connectivity index (χ1v) is 8.47. The molecule has 0 amide bonds. The highest BCUT2D eigenvalue weighted by molar-refractivity contribution is 5.68. The lowest BCUT2D eigenvalue weighted by molar-refractivity contribution is 0.506. The minimum absolute atomic E-state index is 0.0283. The Balaban J connectivity index is 1.90. The van der Waals surface area contributed by atoms with Gasteiger partial charge in [-0.05, 0) is 23.3 Å². The van der Waals surface area contributed by atoms with Crippen LogP contribution in [0.2, 0.25) is 0 Å². The lowest BCUT2D eigenvalue weighted by Gasteiger charge is -2.13. The Morgan fingerprint density at radius 3 is 2.25 bits per heavy atom. The van der Waals surface area contributed by atoms with E-state index in [1.165, 1.54) is 23.0 Å². The summed E-state index contributed by atoms with van der Waals surface area (Å²) in [6.45, 7) is -0.0247. The van der Waals surface area contributed by atoms with Crippen LogP contribution in [-0.2, 0) is 13.1 Å². The van der Waals surface area contributed by atoms with Gasteiger partial charge in [-0.1, -0.05) is 36.4 Å². The smallest absolute Gasteiger partial charge is 0.272 e. The van der Waals surface area contributed by atoms with Gasteiger partial charge in [-0.25, -0.2) is 23.5 Å². The fraction of sp³-hybridized carbons (Fsp3) is 0.100. The summed E-state index contributed by atoms with van der Waals surface area (Å²) in [6, 6.07) is 12.4. The molecule has 4 aromatic rings. The molecule has 2 aromatic carbocycles. The second kappa shape index (κ2) is 7.15. The van der Waals surface area contributed by atoms with E-state index in [2.05, 4.69) is 9.97 Å². The van der Waals surface area contributed by atoms with Gasteiger partial charge in [0.05, 0.1) is 13.1 Å². The van der Waals surface area contributed by atoms with Crippen molar-refractivity contribution < 1.29 is 8.78 Å². The van der Waals surface area contributed by atoms with Gasteiger partial charge in [-0.2, -0.15) is 0 Å². The van der Waals surface area contributed by atoms with Crippen molar-refractivity contribution >= 4 is 11.2 Å². The number of benzene rings is 2. The van der Waals surface area contributed by atoms with Gasteiger partial charge in [-0.3, -0.25) is 13.9 Å². The molecule has 0 radical (unpaired) electrons. The van der Waals surface area contributed by atoms with E-state index < -0.39 is 22.9 Å². The van der Waals surface area contributed by atoms with Gasteiger partial charge in [0.1, 0.15) is 0 Å². The van der Waals surface area contributed by atoms with Crippen molar-refractivity contribution in [1.82, 2.24) is 19.1 Å². The molecule has 140 valence electrons. The Morgan fingerprint density at radius 2 is 1.50 bits per heavy atom. The van der Waals surface area contributed by atoms with Crippen LogP contribution in [0.4, 0.5) is 8.78 Å². The molecule has 0 fully saturated rings. The maximum atomic E-state index is 13.6. The number of rotatable bonds is 4. The zero-order chi connectivity index (χ0) is 19.7. The third kappa shape index (κ3) is 3.20. The predicted molar refractivity (Wildman–Crippen MR) is 99.1 cm³/mol. The highest BCUT2D eigenvalue weighted by atomic mass is 19.2. The largest absolute Gasteiger partial charge is 0.333 e. The normalized spacial score (nSPS) is 11.1. The van der Waals surface area contributed by atoms with Crippen LogP contribution in [0.1, 0.15) is 11.1 Å². The van der Waals surface area contributed by atoms with Crippen LogP contribution < -0.4 is 11.2 Å². The fourth-order valence-corrected chi connectivity index (χ4v) is 3.00. The second-order valence-corrected chi connectivity index (χ2v) is 6.22. The summed E-state index contributed by atoms with van der Waals surface area (Å²) >= 11 is 0. The maximum absolute atomic E-state index is 13.6. The quantitative estimate of drug-likeness (QED) is 0.545. The van der Waals surface area contributed by atoms with Gasteiger partial charge in [0.2, 0.25) is 0 Å². The Bertz CT molecular complexity index is 1280. The van der Waals surface area contributed by atoms with E-state index >= 15 is 0 Å². The summed E-state index contributed by atoms with van der Waals surface area (Å²) < 4.78 is 29.1. The monoisotopic (exact) mass is 380 g/mol. The van der Waals surface area contributed by atoms with Gasteiger partial charge in [0, 0.05) is 12.4 Å². The van der Waals surface area contributed by atoms with Crippen molar-refractivity contribution in [3.05, 3.63) is 105 Å². The first-order chi connectivity index (χ1) is 13.5. The lowest BCUT2D eigenvalue weighted by atomic mass is 10.2. The number of hydrogen-bond acceptors (Lipinski definition) is 4. The van der Waals surface area contributed by atoms with Gasteiger partial charge in [0.25, 0.3) is 5.56 Å². The second-order valence-electron chi connectivity index (χ2n) is 6.22. The summed E-state index contributed by atoms with van der Waals surface area (Å²) in [7, 11) is 0. The third-order valence-corrected chi connectivity index (χ3v) is 4.35. The molecule has 0 saturated carbocycles. The molecule has 0 spiro atoms. The summed E-state index contributed by atoms with van der Waals surface area (Å²) in [5.41, 5.74) is 0.0828. The topological polar surface area (TPSA) is 69.8 Å². The van der Waals surface area contributed by atoms with Crippen molar-refractivity contribution in [2.75, 3.05) is 0 Å². The minimum atomic E-state index is -1.02. The molecule has 0 aliphatic heterocycles. The standard InChI is InChI=1S/C20H14F2N4O2/c21-15-7-6-14(10-16(15)22)12-25-18-17(23-8-9-24-18)19(27)26(20(25)28)11-13-4-2-1-3-5-13/h1-10H,11-12H2. The fourth-order valence-electron chi connectivity index (χ4n) is 3.00. The zero-order valence-electron chi connectivity index (χ0n) is 14.5. The number of aromatic nitrogens is 4. The Hall–Kier alpha value is -3.68. The van der Waals surface area contributed by atoms with Crippen LogP contribution in [0.15, 0.2) is 70.5 Å². The van der Waals surface area contributed by atoms with Crippen molar-refractivity contribution in [2.45, 2.75) is 13.1 Å². The van der Waals surface area contributed by atoms with Crippen molar-refractivity contribution in [1.29, 1.82) is 0 Å². The number of fused-ring (bicyclic) bond motifs is 1. The van der Waals surface area contributed by atoms with E-state index in [0.29, 0.717) is 5.56 Å². The SMILES string of the molecule is O=c1c2nccnc2n(Cc2ccc(F)c(F)c2)c(=O)n1Cc1ccccc1. The molecular formula is C20H14F2N4O2. The van der Waals surface area contributed by atoms with Gasteiger partial charge >= 0.3 is 5.69 Å². The Labute approximate surface area is 157 Å². The van der Waals surface area contributed by atoms with Gasteiger partial charge < -0.3 is 0 Å². The summed E-state index contributed by atoms with van der Waals surface area (Å²) in [4.78, 5) is 34.0. The van der Waals surface area contributed by atoms with Crippen molar-refractivity contribution in [3.8, 4) is 0 Å². The first kappa shape index (κ1) is 17.7. The van der Waals surface area contributed by atoms with Crippen LogP contribution in [0.5, 0.6) is 0 Å². The van der Waals surface area contributed by atoms with Crippen LogP contribution >= 0.6 is 0 Å². The van der Waals surface area contributed by atoms with Crippen LogP contribution in [0, 0.1) is 11.6 Å². The molecular weight excluding hydrogens is 366 g/mol.